The standard InChI is InChI=1S/C22H23ClN2O2S/c1-15-13-25(17-10-8-16(23)9-11-17)20(28-15)12-22(2,3)14-24-21(27)18-6-4-5-7-19(18)26/h4-13,26H,14H2,1-3H3,(H,24,27). The second kappa shape index (κ2) is 8.33. The molecule has 0 fully saturated rings. The van der Waals surface area contributed by atoms with Gasteiger partial charge < -0.3 is 15.3 Å². The molecule has 0 saturated carbocycles. The van der Waals surface area contributed by atoms with Gasteiger partial charge in [0.05, 0.1) is 10.6 Å². The molecule has 3 rings (SSSR count). The van der Waals surface area contributed by atoms with Gasteiger partial charge in [-0.1, -0.05) is 49.3 Å². The topological polar surface area (TPSA) is 52.6 Å². The molecule has 0 radical (unpaired) electrons. The van der Waals surface area contributed by atoms with E-state index in [0.29, 0.717) is 11.6 Å². The molecule has 1 aliphatic heterocycles. The number of hydrogen-bond acceptors (Lipinski definition) is 4. The van der Waals surface area contributed by atoms with Crippen LogP contribution in [0, 0.1) is 5.41 Å². The van der Waals surface area contributed by atoms with Crippen molar-refractivity contribution in [2.75, 3.05) is 11.4 Å². The molecule has 0 saturated heterocycles. The molecule has 4 nitrogen and oxygen atoms in total. The summed E-state index contributed by atoms with van der Waals surface area (Å²) in [6, 6.07) is 14.3. The van der Waals surface area contributed by atoms with Gasteiger partial charge in [-0.05, 0) is 49.4 Å². The number of nitrogens with one attached hydrogen (secondary N) is 1. The first-order valence-electron chi connectivity index (χ1n) is 8.95. The van der Waals surface area contributed by atoms with E-state index < -0.39 is 0 Å². The summed E-state index contributed by atoms with van der Waals surface area (Å²) < 4.78 is 0. The minimum atomic E-state index is -0.286. The predicted molar refractivity (Wildman–Crippen MR) is 118 cm³/mol. The molecule has 2 N–H and O–H groups in total. The average Bonchev–Trinajstić information content (AvgIpc) is 3.00. The van der Waals surface area contributed by atoms with Gasteiger partial charge in [-0.2, -0.15) is 0 Å². The number of phenols is 1. The van der Waals surface area contributed by atoms with E-state index in [0.717, 1.165) is 10.7 Å². The van der Waals surface area contributed by atoms with E-state index in [4.69, 9.17) is 11.6 Å². The Hall–Kier alpha value is -2.37. The number of aromatic hydroxyl groups is 1. The first-order chi connectivity index (χ1) is 13.2. The third-order valence-electron chi connectivity index (χ3n) is 4.29. The van der Waals surface area contributed by atoms with Gasteiger partial charge in [-0.3, -0.25) is 4.79 Å². The number of amides is 1. The number of nitrogens with zero attached hydrogens (tertiary/aromatic N) is 1. The summed E-state index contributed by atoms with van der Waals surface area (Å²) >= 11 is 7.71. The molecule has 0 aromatic heterocycles. The number of hydrogen-bond donors (Lipinski definition) is 2. The monoisotopic (exact) mass is 414 g/mol. The fraction of sp³-hybridized carbons (Fsp3) is 0.227. The number of carbonyl (C=O) groups is 1. The summed E-state index contributed by atoms with van der Waals surface area (Å²) in [4.78, 5) is 15.7. The quantitative estimate of drug-likeness (QED) is 0.653. The van der Waals surface area contributed by atoms with Crippen LogP contribution in [0.4, 0.5) is 5.69 Å². The SMILES string of the molecule is CC1=CN(c2ccc(Cl)cc2)C(=CC(C)(C)CNC(=O)c2ccccc2O)S1. The Bertz CT molecular complexity index is 936. The summed E-state index contributed by atoms with van der Waals surface area (Å²) in [6.45, 7) is 6.65. The smallest absolute Gasteiger partial charge is 0.255 e. The number of anilines is 1. The number of benzene rings is 2. The zero-order valence-corrected chi connectivity index (χ0v) is 17.6. The van der Waals surface area contributed by atoms with E-state index in [-0.39, 0.29) is 22.6 Å². The lowest BCUT2D eigenvalue weighted by molar-refractivity contribution is 0.0940. The average molecular weight is 415 g/mol. The molecule has 0 aliphatic carbocycles. The van der Waals surface area contributed by atoms with Gasteiger partial charge in [0.1, 0.15) is 5.75 Å². The highest BCUT2D eigenvalue weighted by Crippen LogP contribution is 2.41. The highest BCUT2D eigenvalue weighted by Gasteiger charge is 2.24. The summed E-state index contributed by atoms with van der Waals surface area (Å²) in [5, 5.41) is 14.6. The summed E-state index contributed by atoms with van der Waals surface area (Å²) in [6.07, 6.45) is 4.25. The lowest BCUT2D eigenvalue weighted by Crippen LogP contribution is -2.33. The van der Waals surface area contributed by atoms with Crippen LogP contribution in [0.2, 0.25) is 5.02 Å². The fourth-order valence-electron chi connectivity index (χ4n) is 2.84. The number of phenolic OH excluding ortho intramolecular Hbond substituents is 1. The second-order valence-electron chi connectivity index (χ2n) is 7.36. The van der Waals surface area contributed by atoms with Crippen molar-refractivity contribution in [1.29, 1.82) is 0 Å². The Balaban J connectivity index is 1.74. The van der Waals surface area contributed by atoms with Crippen molar-refractivity contribution in [1.82, 2.24) is 5.32 Å². The maximum absolute atomic E-state index is 12.4. The Morgan fingerprint density at radius 2 is 1.89 bits per heavy atom. The van der Waals surface area contributed by atoms with Crippen LogP contribution < -0.4 is 10.2 Å². The van der Waals surface area contributed by atoms with Crippen LogP contribution in [0.3, 0.4) is 0 Å². The number of rotatable bonds is 5. The molecule has 0 unspecified atom stereocenters. The third-order valence-corrected chi connectivity index (χ3v) is 5.49. The second-order valence-corrected chi connectivity index (χ2v) is 9.06. The van der Waals surface area contributed by atoms with Crippen molar-refractivity contribution in [2.45, 2.75) is 20.8 Å². The molecule has 146 valence electrons. The van der Waals surface area contributed by atoms with Crippen molar-refractivity contribution >= 4 is 35.0 Å². The van der Waals surface area contributed by atoms with E-state index >= 15 is 0 Å². The van der Waals surface area contributed by atoms with Crippen LogP contribution >= 0.6 is 23.4 Å². The number of carbonyl (C=O) groups excluding carboxylic acids is 1. The van der Waals surface area contributed by atoms with Gasteiger partial charge in [-0.15, -0.1) is 0 Å². The molecular weight excluding hydrogens is 392 g/mol. The summed E-state index contributed by atoms with van der Waals surface area (Å²) in [7, 11) is 0. The maximum atomic E-state index is 12.4. The van der Waals surface area contributed by atoms with Crippen LogP contribution in [0.5, 0.6) is 5.75 Å². The Morgan fingerprint density at radius 1 is 1.21 bits per heavy atom. The normalized spacial score (nSPS) is 15.6. The zero-order valence-electron chi connectivity index (χ0n) is 16.1. The number of allylic oxidation sites excluding steroid dienone is 1. The van der Waals surface area contributed by atoms with Crippen molar-refractivity contribution in [3.05, 3.63) is 81.3 Å². The fourth-order valence-corrected chi connectivity index (χ4v) is 4.09. The van der Waals surface area contributed by atoms with Crippen LogP contribution in [0.25, 0.3) is 0 Å². The lowest BCUT2D eigenvalue weighted by atomic mass is 9.93. The van der Waals surface area contributed by atoms with Crippen LogP contribution in [-0.4, -0.2) is 17.6 Å². The Kier molecular flexibility index (Phi) is 6.06. The van der Waals surface area contributed by atoms with E-state index in [1.165, 1.54) is 11.0 Å². The number of thioether (sulfide) groups is 1. The van der Waals surface area contributed by atoms with E-state index in [9.17, 15) is 9.90 Å². The molecule has 1 heterocycles. The lowest BCUT2D eigenvalue weighted by Gasteiger charge is -2.25. The molecule has 1 aliphatic rings. The highest BCUT2D eigenvalue weighted by molar-refractivity contribution is 8.07. The molecule has 0 bridgehead atoms. The van der Waals surface area contributed by atoms with Crippen molar-refractivity contribution in [3.63, 3.8) is 0 Å². The van der Waals surface area contributed by atoms with E-state index in [1.54, 1.807) is 30.0 Å². The van der Waals surface area contributed by atoms with E-state index in [2.05, 4.69) is 43.3 Å². The summed E-state index contributed by atoms with van der Waals surface area (Å²) in [5.74, 6) is -0.302. The molecule has 0 spiro atoms. The van der Waals surface area contributed by atoms with Crippen LogP contribution in [0.1, 0.15) is 31.1 Å². The van der Waals surface area contributed by atoms with Gasteiger partial charge in [0.15, 0.2) is 0 Å². The molecule has 1 amide bonds. The molecule has 28 heavy (non-hydrogen) atoms. The summed E-state index contributed by atoms with van der Waals surface area (Å²) in [5.41, 5.74) is 1.03. The predicted octanol–water partition coefficient (Wildman–Crippen LogP) is 5.76. The first kappa shape index (κ1) is 20.4. The molecule has 2 aromatic carbocycles. The van der Waals surface area contributed by atoms with Gasteiger partial charge in [0, 0.05) is 33.8 Å². The first-order valence-corrected chi connectivity index (χ1v) is 10.1. The molecule has 2 aromatic rings. The van der Waals surface area contributed by atoms with Crippen molar-refractivity contribution in [2.24, 2.45) is 5.41 Å². The number of halogens is 1. The minimum absolute atomic E-state index is 0.0174. The highest BCUT2D eigenvalue weighted by atomic mass is 35.5. The Labute approximate surface area is 174 Å². The van der Waals surface area contributed by atoms with Gasteiger partial charge >= 0.3 is 0 Å². The van der Waals surface area contributed by atoms with Crippen LogP contribution in [0.15, 0.2) is 70.7 Å². The molecular formula is C22H23ClN2O2S. The van der Waals surface area contributed by atoms with Crippen LogP contribution in [-0.2, 0) is 0 Å². The van der Waals surface area contributed by atoms with Gasteiger partial charge in [0.25, 0.3) is 5.91 Å². The van der Waals surface area contributed by atoms with Gasteiger partial charge in [-0.25, -0.2) is 0 Å². The Morgan fingerprint density at radius 3 is 2.57 bits per heavy atom. The zero-order chi connectivity index (χ0) is 20.3. The molecule has 6 heteroatoms. The minimum Gasteiger partial charge on any atom is -0.507 e. The van der Waals surface area contributed by atoms with E-state index in [1.807, 2.05) is 24.3 Å². The van der Waals surface area contributed by atoms with Crippen molar-refractivity contribution < 1.29 is 9.90 Å². The van der Waals surface area contributed by atoms with Crippen molar-refractivity contribution in [3.8, 4) is 5.75 Å². The largest absolute Gasteiger partial charge is 0.507 e. The number of para-hydroxylation sites is 1. The molecule has 0 atom stereocenters. The van der Waals surface area contributed by atoms with Gasteiger partial charge in [0.2, 0.25) is 0 Å². The third kappa shape index (κ3) is 4.91. The maximum Gasteiger partial charge on any atom is 0.255 e.